The highest BCUT2D eigenvalue weighted by atomic mass is 32.1. The molecule has 14 heavy (non-hydrogen) atoms. The molecule has 1 aromatic heterocycles. The van der Waals surface area contributed by atoms with Crippen molar-refractivity contribution in [2.75, 3.05) is 6.67 Å². The average Bonchev–Trinajstić information content (AvgIpc) is 2.16. The third kappa shape index (κ3) is 2.38. The molecule has 0 aliphatic heterocycles. The van der Waals surface area contributed by atoms with E-state index in [1.807, 2.05) is 0 Å². The van der Waals surface area contributed by atoms with Crippen LogP contribution >= 0.6 is 12.2 Å². The molecule has 3 nitrogen and oxygen atoms in total. The molecular weight excluding hydrogens is 203 g/mol. The fourth-order valence-corrected chi connectivity index (χ4v) is 1.29. The lowest BCUT2D eigenvalue weighted by Crippen LogP contribution is -2.28. The smallest absolute Gasteiger partial charge is 0.260 e. The number of alkyl halides is 1. The van der Waals surface area contributed by atoms with Crippen LogP contribution in [0.1, 0.15) is 12.0 Å². The Morgan fingerprint density at radius 3 is 2.93 bits per heavy atom. The summed E-state index contributed by atoms with van der Waals surface area (Å²) >= 11 is 4.71. The van der Waals surface area contributed by atoms with Crippen LogP contribution in [0, 0.1) is 0 Å². The Labute approximate surface area is 86.3 Å². The zero-order valence-corrected chi connectivity index (χ0v) is 8.39. The molecule has 0 amide bonds. The van der Waals surface area contributed by atoms with Crippen molar-refractivity contribution in [3.8, 4) is 0 Å². The summed E-state index contributed by atoms with van der Waals surface area (Å²) in [5.74, 6) is 0. The number of hydrogen-bond acceptors (Lipinski definition) is 2. The topological polar surface area (TPSA) is 48.0 Å². The van der Waals surface area contributed by atoms with Crippen molar-refractivity contribution >= 4 is 17.2 Å². The quantitative estimate of drug-likeness (QED) is 0.756. The van der Waals surface area contributed by atoms with Crippen molar-refractivity contribution in [1.82, 2.24) is 4.57 Å². The standard InChI is InChI=1S/C9H11FN2OS/c10-4-2-6-12-5-1-3-7(8(11)14)9(12)13/h1,3,5H,2,4,6H2,(H2,11,14). The Morgan fingerprint density at radius 2 is 2.36 bits per heavy atom. The van der Waals surface area contributed by atoms with Crippen molar-refractivity contribution in [3.05, 3.63) is 34.2 Å². The van der Waals surface area contributed by atoms with Gasteiger partial charge in [0, 0.05) is 12.7 Å². The first-order valence-electron chi connectivity index (χ1n) is 4.22. The lowest BCUT2D eigenvalue weighted by atomic mass is 10.2. The molecule has 76 valence electrons. The Bertz CT molecular complexity index is 389. The van der Waals surface area contributed by atoms with Crippen molar-refractivity contribution in [2.45, 2.75) is 13.0 Å². The summed E-state index contributed by atoms with van der Waals surface area (Å²) in [5.41, 5.74) is 5.41. The molecular formula is C9H11FN2OS. The maximum Gasteiger partial charge on any atom is 0.260 e. The summed E-state index contributed by atoms with van der Waals surface area (Å²) in [5, 5.41) is 0. The van der Waals surface area contributed by atoms with Crippen LogP contribution in [0.15, 0.2) is 23.1 Å². The van der Waals surface area contributed by atoms with E-state index in [0.717, 1.165) is 0 Å². The molecule has 0 atom stereocenters. The molecule has 0 aliphatic carbocycles. The van der Waals surface area contributed by atoms with Crippen LogP contribution in [0.3, 0.4) is 0 Å². The van der Waals surface area contributed by atoms with E-state index >= 15 is 0 Å². The van der Waals surface area contributed by atoms with Gasteiger partial charge in [-0.1, -0.05) is 12.2 Å². The molecule has 0 unspecified atom stereocenters. The number of pyridine rings is 1. The molecule has 0 saturated carbocycles. The van der Waals surface area contributed by atoms with Gasteiger partial charge in [-0.3, -0.25) is 9.18 Å². The fourth-order valence-electron chi connectivity index (χ4n) is 1.13. The van der Waals surface area contributed by atoms with Gasteiger partial charge in [-0.15, -0.1) is 0 Å². The van der Waals surface area contributed by atoms with Crippen molar-refractivity contribution < 1.29 is 4.39 Å². The van der Waals surface area contributed by atoms with Crippen LogP contribution in [0.2, 0.25) is 0 Å². The molecule has 0 bridgehead atoms. The van der Waals surface area contributed by atoms with Crippen molar-refractivity contribution in [3.63, 3.8) is 0 Å². The van der Waals surface area contributed by atoms with E-state index in [9.17, 15) is 9.18 Å². The SMILES string of the molecule is NC(=S)c1cccn(CCCF)c1=O. The van der Waals surface area contributed by atoms with Crippen LogP contribution in [-0.4, -0.2) is 16.2 Å². The van der Waals surface area contributed by atoms with Gasteiger partial charge in [0.15, 0.2) is 0 Å². The van der Waals surface area contributed by atoms with Crippen LogP contribution < -0.4 is 11.3 Å². The van der Waals surface area contributed by atoms with E-state index in [2.05, 4.69) is 0 Å². The summed E-state index contributed by atoms with van der Waals surface area (Å²) in [6.45, 7) is -0.0878. The molecule has 0 fully saturated rings. The summed E-state index contributed by atoms with van der Waals surface area (Å²) in [6, 6.07) is 3.24. The molecule has 1 rings (SSSR count). The zero-order chi connectivity index (χ0) is 10.6. The van der Waals surface area contributed by atoms with E-state index < -0.39 is 6.67 Å². The van der Waals surface area contributed by atoms with Gasteiger partial charge in [-0.2, -0.15) is 0 Å². The zero-order valence-electron chi connectivity index (χ0n) is 7.57. The third-order valence-electron chi connectivity index (χ3n) is 1.82. The molecule has 5 heteroatoms. The van der Waals surface area contributed by atoms with Gasteiger partial charge < -0.3 is 10.3 Å². The number of halogens is 1. The number of aromatic nitrogens is 1. The van der Waals surface area contributed by atoms with E-state index in [4.69, 9.17) is 18.0 Å². The maximum absolute atomic E-state index is 11.9. The van der Waals surface area contributed by atoms with Crippen LogP contribution in [0.4, 0.5) is 4.39 Å². The summed E-state index contributed by atoms with van der Waals surface area (Å²) in [6.07, 6.45) is 1.92. The van der Waals surface area contributed by atoms with Crippen LogP contribution in [0.5, 0.6) is 0 Å². The minimum atomic E-state index is -0.441. The number of aryl methyl sites for hydroxylation is 1. The van der Waals surface area contributed by atoms with E-state index in [-0.39, 0.29) is 10.5 Å². The fraction of sp³-hybridized carbons (Fsp3) is 0.333. The predicted molar refractivity (Wildman–Crippen MR) is 57.2 cm³/mol. The maximum atomic E-state index is 11.9. The third-order valence-corrected chi connectivity index (χ3v) is 2.04. The second kappa shape index (κ2) is 4.85. The monoisotopic (exact) mass is 214 g/mol. The second-order valence-electron chi connectivity index (χ2n) is 2.83. The molecule has 0 saturated heterocycles. The Kier molecular flexibility index (Phi) is 3.76. The summed E-state index contributed by atoms with van der Waals surface area (Å²) < 4.78 is 13.3. The highest BCUT2D eigenvalue weighted by Crippen LogP contribution is 1.93. The van der Waals surface area contributed by atoms with Crippen LogP contribution in [0.25, 0.3) is 0 Å². The number of hydrogen-bond donors (Lipinski definition) is 1. The van der Waals surface area contributed by atoms with Gasteiger partial charge in [0.1, 0.15) is 4.99 Å². The summed E-state index contributed by atoms with van der Waals surface area (Å²) in [7, 11) is 0. The highest BCUT2D eigenvalue weighted by Gasteiger charge is 2.04. The number of thiocarbonyl (C=S) groups is 1. The molecule has 2 N–H and O–H groups in total. The van der Waals surface area contributed by atoms with E-state index in [0.29, 0.717) is 18.5 Å². The lowest BCUT2D eigenvalue weighted by Gasteiger charge is -2.05. The largest absolute Gasteiger partial charge is 0.389 e. The molecule has 1 heterocycles. The molecule has 0 radical (unpaired) electrons. The van der Waals surface area contributed by atoms with Gasteiger partial charge in [-0.25, -0.2) is 0 Å². The molecule has 0 aromatic carbocycles. The van der Waals surface area contributed by atoms with Gasteiger partial charge >= 0.3 is 0 Å². The lowest BCUT2D eigenvalue weighted by molar-refractivity contribution is 0.443. The number of rotatable bonds is 4. The van der Waals surface area contributed by atoms with Gasteiger partial charge in [0.05, 0.1) is 12.2 Å². The molecule has 1 aromatic rings. The van der Waals surface area contributed by atoms with Crippen molar-refractivity contribution in [2.24, 2.45) is 5.73 Å². The molecule has 0 spiro atoms. The van der Waals surface area contributed by atoms with Gasteiger partial charge in [-0.05, 0) is 18.6 Å². The molecule has 0 aliphatic rings. The number of nitrogens with zero attached hydrogens (tertiary/aromatic N) is 1. The minimum absolute atomic E-state index is 0.0737. The second-order valence-corrected chi connectivity index (χ2v) is 3.27. The van der Waals surface area contributed by atoms with Crippen molar-refractivity contribution in [1.29, 1.82) is 0 Å². The first kappa shape index (κ1) is 10.8. The van der Waals surface area contributed by atoms with E-state index in [1.54, 1.807) is 18.3 Å². The predicted octanol–water partition coefficient (Wildman–Crippen LogP) is 0.842. The number of nitrogens with two attached hydrogens (primary N) is 1. The summed E-state index contributed by atoms with van der Waals surface area (Å²) in [4.78, 5) is 11.7. The first-order chi connectivity index (χ1) is 6.66. The Hall–Kier alpha value is -1.23. The Morgan fingerprint density at radius 1 is 1.64 bits per heavy atom. The van der Waals surface area contributed by atoms with Crippen LogP contribution in [-0.2, 0) is 6.54 Å². The van der Waals surface area contributed by atoms with E-state index in [1.165, 1.54) is 4.57 Å². The minimum Gasteiger partial charge on any atom is -0.389 e. The average molecular weight is 214 g/mol. The van der Waals surface area contributed by atoms with Gasteiger partial charge in [0.2, 0.25) is 0 Å². The van der Waals surface area contributed by atoms with Gasteiger partial charge in [0.25, 0.3) is 5.56 Å². The highest BCUT2D eigenvalue weighted by molar-refractivity contribution is 7.80. The Balaban J connectivity index is 3.02. The normalized spacial score (nSPS) is 10.1. The first-order valence-corrected chi connectivity index (χ1v) is 4.63.